The van der Waals surface area contributed by atoms with Crippen molar-refractivity contribution < 1.29 is 8.78 Å². The molecule has 0 atom stereocenters. The fraction of sp³-hybridized carbons (Fsp3) is 0.333. The Kier molecular flexibility index (Phi) is 3.01. The fourth-order valence-electron chi connectivity index (χ4n) is 0.449. The zero-order chi connectivity index (χ0) is 8.97. The van der Waals surface area contributed by atoms with Gasteiger partial charge in [0.1, 0.15) is 0 Å². The van der Waals surface area contributed by atoms with Crippen molar-refractivity contribution in [3.8, 4) is 0 Å². The number of halogens is 2. The lowest BCUT2D eigenvalue weighted by Gasteiger charge is -1.79. The van der Waals surface area contributed by atoms with E-state index in [9.17, 15) is 8.78 Å². The Morgan fingerprint density at radius 3 is 2.25 bits per heavy atom. The zero-order valence-electron chi connectivity index (χ0n) is 6.48. The third-order valence-corrected chi connectivity index (χ3v) is 1.33. The van der Waals surface area contributed by atoms with Gasteiger partial charge < -0.3 is 5.73 Å². The Hall–Kier alpha value is -1.14. The summed E-state index contributed by atoms with van der Waals surface area (Å²) in [5, 5.41) is 0. The molecule has 0 amide bonds. The Morgan fingerprint density at radius 1 is 1.42 bits per heavy atom. The SMILES string of the molecule is Fc1c#cccc1F.NC1CC1. The van der Waals surface area contributed by atoms with Crippen LogP contribution in [0.3, 0.4) is 0 Å². The van der Waals surface area contributed by atoms with Crippen LogP contribution in [0.15, 0.2) is 12.1 Å². The van der Waals surface area contributed by atoms with Crippen LogP contribution in [0, 0.1) is 23.8 Å². The highest BCUT2D eigenvalue weighted by Crippen LogP contribution is 2.13. The maximum atomic E-state index is 11.9. The van der Waals surface area contributed by atoms with E-state index in [0.717, 1.165) is 6.07 Å². The zero-order valence-corrected chi connectivity index (χ0v) is 6.48. The molecule has 0 bridgehead atoms. The van der Waals surface area contributed by atoms with Crippen molar-refractivity contribution in [3.05, 3.63) is 35.9 Å². The second-order valence-electron chi connectivity index (χ2n) is 2.60. The largest absolute Gasteiger partial charge is 0.328 e. The van der Waals surface area contributed by atoms with E-state index in [1.54, 1.807) is 0 Å². The third-order valence-electron chi connectivity index (χ3n) is 1.33. The van der Waals surface area contributed by atoms with Gasteiger partial charge in [-0.3, -0.25) is 0 Å². The molecule has 2 rings (SSSR count). The Bertz CT molecular complexity index is 225. The van der Waals surface area contributed by atoms with Gasteiger partial charge in [0.15, 0.2) is 5.82 Å². The first-order chi connectivity index (χ1) is 5.70. The minimum absolute atomic E-state index is 0.583. The lowest BCUT2D eigenvalue weighted by atomic mass is 10.4. The molecule has 0 saturated heterocycles. The van der Waals surface area contributed by atoms with E-state index < -0.39 is 11.6 Å². The highest BCUT2D eigenvalue weighted by Gasteiger charge is 2.13. The Morgan fingerprint density at radius 2 is 2.00 bits per heavy atom. The first-order valence-corrected chi connectivity index (χ1v) is 3.69. The molecular formula is C9H9F2N. The quantitative estimate of drug-likeness (QED) is 0.628. The van der Waals surface area contributed by atoms with Crippen molar-refractivity contribution in [1.82, 2.24) is 0 Å². The second kappa shape index (κ2) is 4.03. The standard InChI is InChI=1S/C6H2F2.C3H7N/c7-5-3-1-2-4-6(5)8;4-3-1-2-3/h1,3H;3H,1-2,4H2. The number of hydrogen-bond acceptors (Lipinski definition) is 1. The molecule has 1 nitrogen and oxygen atoms in total. The molecule has 1 aromatic carbocycles. The molecule has 2 N–H and O–H groups in total. The van der Waals surface area contributed by atoms with Crippen LogP contribution in [0.5, 0.6) is 0 Å². The minimum atomic E-state index is -0.979. The van der Waals surface area contributed by atoms with Crippen molar-refractivity contribution in [2.45, 2.75) is 18.9 Å². The molecular weight excluding hydrogens is 160 g/mol. The van der Waals surface area contributed by atoms with Crippen LogP contribution < -0.4 is 5.73 Å². The summed E-state index contributed by atoms with van der Waals surface area (Å²) < 4.78 is 23.7. The number of hydrogen-bond donors (Lipinski definition) is 1. The topological polar surface area (TPSA) is 26.0 Å². The molecule has 1 saturated carbocycles. The molecule has 3 heteroatoms. The van der Waals surface area contributed by atoms with Crippen molar-refractivity contribution in [2.24, 2.45) is 5.73 Å². The van der Waals surface area contributed by atoms with Gasteiger partial charge in [-0.1, -0.05) is 6.07 Å². The van der Waals surface area contributed by atoms with E-state index in [1.807, 2.05) is 6.07 Å². The Labute approximate surface area is 70.2 Å². The Balaban J connectivity index is 0.000000150. The minimum Gasteiger partial charge on any atom is -0.328 e. The molecule has 64 valence electrons. The molecule has 1 aliphatic carbocycles. The van der Waals surface area contributed by atoms with Gasteiger partial charge in [0, 0.05) is 6.04 Å². The van der Waals surface area contributed by atoms with Gasteiger partial charge in [0.25, 0.3) is 0 Å². The first kappa shape index (κ1) is 8.95. The molecule has 0 heterocycles. The molecule has 0 aliphatic heterocycles. The fourth-order valence-corrected chi connectivity index (χ4v) is 0.449. The van der Waals surface area contributed by atoms with E-state index >= 15 is 0 Å². The van der Waals surface area contributed by atoms with Crippen LogP contribution in [0.25, 0.3) is 0 Å². The summed E-state index contributed by atoms with van der Waals surface area (Å²) in [6, 6.07) is 7.03. The van der Waals surface area contributed by atoms with Gasteiger partial charge in [-0.05, 0) is 31.0 Å². The molecule has 12 heavy (non-hydrogen) atoms. The third kappa shape index (κ3) is 3.31. The van der Waals surface area contributed by atoms with Crippen molar-refractivity contribution in [3.63, 3.8) is 0 Å². The van der Waals surface area contributed by atoms with Gasteiger partial charge in [0.2, 0.25) is 5.82 Å². The van der Waals surface area contributed by atoms with Crippen molar-refractivity contribution in [2.75, 3.05) is 0 Å². The number of nitrogens with two attached hydrogens (primary N) is 1. The maximum absolute atomic E-state index is 11.9. The first-order valence-electron chi connectivity index (χ1n) is 3.69. The molecule has 0 spiro atoms. The second-order valence-corrected chi connectivity index (χ2v) is 2.60. The highest BCUT2D eigenvalue weighted by molar-refractivity contribution is 4.97. The maximum Gasteiger partial charge on any atom is 0.209 e. The average molecular weight is 169 g/mol. The number of rotatable bonds is 0. The van der Waals surface area contributed by atoms with Crippen molar-refractivity contribution in [1.29, 1.82) is 0 Å². The summed E-state index contributed by atoms with van der Waals surface area (Å²) in [6.07, 6.45) is 2.53. The van der Waals surface area contributed by atoms with Gasteiger partial charge in [-0.15, -0.1) is 0 Å². The predicted octanol–water partition coefficient (Wildman–Crippen LogP) is 1.67. The molecule has 1 aliphatic rings. The van der Waals surface area contributed by atoms with Crippen LogP contribution in [0.4, 0.5) is 8.78 Å². The molecule has 1 fully saturated rings. The van der Waals surface area contributed by atoms with E-state index in [1.165, 1.54) is 18.9 Å². The monoisotopic (exact) mass is 169 g/mol. The van der Waals surface area contributed by atoms with Gasteiger partial charge in [-0.2, -0.15) is 4.39 Å². The lowest BCUT2D eigenvalue weighted by Crippen LogP contribution is -1.94. The van der Waals surface area contributed by atoms with E-state index in [-0.39, 0.29) is 0 Å². The highest BCUT2D eigenvalue weighted by atomic mass is 19.2. The van der Waals surface area contributed by atoms with Gasteiger partial charge in [-0.25, -0.2) is 4.39 Å². The summed E-state index contributed by atoms with van der Waals surface area (Å²) in [6.45, 7) is 0. The smallest absolute Gasteiger partial charge is 0.209 e. The molecule has 1 aromatic rings. The normalized spacial score (nSPS) is 14.2. The lowest BCUT2D eigenvalue weighted by molar-refractivity contribution is 0.509. The van der Waals surface area contributed by atoms with Gasteiger partial charge in [0.05, 0.1) is 0 Å². The molecule has 0 unspecified atom stereocenters. The summed E-state index contributed by atoms with van der Waals surface area (Å²) in [5.41, 5.74) is 5.22. The summed E-state index contributed by atoms with van der Waals surface area (Å²) in [5.74, 6) is -1.86. The van der Waals surface area contributed by atoms with E-state index in [2.05, 4.69) is 6.07 Å². The van der Waals surface area contributed by atoms with Crippen LogP contribution in [-0.2, 0) is 0 Å². The van der Waals surface area contributed by atoms with E-state index in [4.69, 9.17) is 5.73 Å². The van der Waals surface area contributed by atoms with Crippen LogP contribution in [0.1, 0.15) is 12.8 Å². The summed E-state index contributed by atoms with van der Waals surface area (Å²) in [7, 11) is 0. The summed E-state index contributed by atoms with van der Waals surface area (Å²) in [4.78, 5) is 0. The van der Waals surface area contributed by atoms with E-state index in [0.29, 0.717) is 6.04 Å². The van der Waals surface area contributed by atoms with Crippen LogP contribution in [-0.4, -0.2) is 6.04 Å². The van der Waals surface area contributed by atoms with Crippen LogP contribution >= 0.6 is 0 Å². The average Bonchev–Trinajstić information content (AvgIpc) is 2.80. The molecule has 0 radical (unpaired) electrons. The van der Waals surface area contributed by atoms with Gasteiger partial charge >= 0.3 is 0 Å². The molecule has 0 aromatic heterocycles. The summed E-state index contributed by atoms with van der Waals surface area (Å²) >= 11 is 0. The predicted molar refractivity (Wildman–Crippen MR) is 41.2 cm³/mol. The van der Waals surface area contributed by atoms with Crippen molar-refractivity contribution >= 4 is 0 Å². The van der Waals surface area contributed by atoms with Crippen LogP contribution in [0.2, 0.25) is 0 Å².